The van der Waals surface area contributed by atoms with Gasteiger partial charge in [0.2, 0.25) is 5.88 Å². The van der Waals surface area contributed by atoms with Gasteiger partial charge in [-0.25, -0.2) is 14.4 Å². The van der Waals surface area contributed by atoms with Gasteiger partial charge in [0.15, 0.2) is 5.96 Å². The van der Waals surface area contributed by atoms with E-state index in [-0.39, 0.29) is 29.8 Å². The second-order valence-corrected chi connectivity index (χ2v) is 7.81. The van der Waals surface area contributed by atoms with E-state index in [9.17, 15) is 9.50 Å². The molecule has 166 valence electrons. The maximum Gasteiger partial charge on any atom is 0.219 e. The number of hydrogen-bond donors (Lipinski definition) is 3. The maximum absolute atomic E-state index is 13.2. The zero-order chi connectivity index (χ0) is 21.4. The van der Waals surface area contributed by atoms with Gasteiger partial charge in [-0.3, -0.25) is 0 Å². The smallest absolute Gasteiger partial charge is 0.219 e. The van der Waals surface area contributed by atoms with Crippen molar-refractivity contribution in [2.75, 3.05) is 13.1 Å². The molecule has 0 aliphatic heterocycles. The van der Waals surface area contributed by atoms with Crippen LogP contribution in [0, 0.1) is 5.82 Å². The fourth-order valence-electron chi connectivity index (χ4n) is 2.66. The molecule has 0 aliphatic carbocycles. The highest BCUT2D eigenvalue weighted by Gasteiger charge is 2.24. The Morgan fingerprint density at radius 1 is 1.23 bits per heavy atom. The Morgan fingerprint density at radius 3 is 2.71 bits per heavy atom. The highest BCUT2D eigenvalue weighted by atomic mass is 127. The number of aliphatic hydroxyl groups is 1. The van der Waals surface area contributed by atoms with Crippen LogP contribution < -0.4 is 15.4 Å². The largest absolute Gasteiger partial charge is 0.439 e. The van der Waals surface area contributed by atoms with Gasteiger partial charge in [0.25, 0.3) is 0 Å². The molecule has 1 aromatic carbocycles. The summed E-state index contributed by atoms with van der Waals surface area (Å²) in [6.45, 7) is 5.19. The fourth-order valence-corrected chi connectivity index (χ4v) is 3.44. The summed E-state index contributed by atoms with van der Waals surface area (Å²) >= 11 is 1.52. The molecule has 6 nitrogen and oxygen atoms in total. The van der Waals surface area contributed by atoms with Crippen LogP contribution in [0.2, 0.25) is 0 Å². The molecule has 0 saturated carbocycles. The number of thiophene rings is 1. The van der Waals surface area contributed by atoms with E-state index in [1.165, 1.54) is 23.5 Å². The van der Waals surface area contributed by atoms with Gasteiger partial charge in [-0.2, -0.15) is 0 Å². The molecule has 1 unspecified atom stereocenters. The summed E-state index contributed by atoms with van der Waals surface area (Å²) in [5.41, 5.74) is -0.0919. The number of pyridine rings is 1. The van der Waals surface area contributed by atoms with Crippen LogP contribution in [0.1, 0.15) is 24.3 Å². The normalized spacial score (nSPS) is 13.1. The Balaban J connectivity index is 0.00000341. The van der Waals surface area contributed by atoms with Gasteiger partial charge in [-0.15, -0.1) is 35.3 Å². The minimum atomic E-state index is -0.984. The summed E-state index contributed by atoms with van der Waals surface area (Å²) in [5.74, 6) is 1.02. The molecule has 3 rings (SSSR count). The predicted octanol–water partition coefficient (Wildman–Crippen LogP) is 4.66. The van der Waals surface area contributed by atoms with E-state index < -0.39 is 5.60 Å². The molecular formula is C22H26FIN4O2S. The highest BCUT2D eigenvalue weighted by molar-refractivity contribution is 14.0. The van der Waals surface area contributed by atoms with Crippen LogP contribution in [0.5, 0.6) is 11.6 Å². The first-order valence-corrected chi connectivity index (χ1v) is 10.5. The lowest BCUT2D eigenvalue weighted by molar-refractivity contribution is 0.0655. The average molecular weight is 556 g/mol. The lowest BCUT2D eigenvalue weighted by Crippen LogP contribution is -2.44. The van der Waals surface area contributed by atoms with Crippen LogP contribution in [0.4, 0.5) is 4.39 Å². The van der Waals surface area contributed by atoms with Crippen LogP contribution in [0.25, 0.3) is 0 Å². The van der Waals surface area contributed by atoms with E-state index >= 15 is 0 Å². The molecule has 3 N–H and O–H groups in total. The second-order valence-electron chi connectivity index (χ2n) is 6.86. The molecule has 0 bridgehead atoms. The molecule has 2 heterocycles. The van der Waals surface area contributed by atoms with E-state index in [0.717, 1.165) is 10.4 Å². The monoisotopic (exact) mass is 556 g/mol. The van der Waals surface area contributed by atoms with Crippen LogP contribution in [-0.4, -0.2) is 29.1 Å². The number of rotatable bonds is 8. The first-order chi connectivity index (χ1) is 14.5. The van der Waals surface area contributed by atoms with Gasteiger partial charge in [0.05, 0.1) is 13.1 Å². The third kappa shape index (κ3) is 7.75. The molecular weight excluding hydrogens is 530 g/mol. The lowest BCUT2D eigenvalue weighted by atomic mass is 10.1. The third-order valence-electron chi connectivity index (χ3n) is 4.23. The Morgan fingerprint density at radius 2 is 2.06 bits per heavy atom. The second kappa shape index (κ2) is 12.0. The number of aromatic nitrogens is 1. The topological polar surface area (TPSA) is 78.8 Å². The summed E-state index contributed by atoms with van der Waals surface area (Å²) in [4.78, 5) is 9.70. The molecule has 0 amide bonds. The molecule has 1 atom stereocenters. The number of ether oxygens (including phenoxy) is 1. The first kappa shape index (κ1) is 25.0. The molecule has 0 aliphatic rings. The number of aliphatic imine (C=N–C) groups is 1. The first-order valence-electron chi connectivity index (χ1n) is 9.63. The summed E-state index contributed by atoms with van der Waals surface area (Å²) in [7, 11) is 0. The van der Waals surface area contributed by atoms with E-state index in [1.54, 1.807) is 31.3 Å². The number of halogens is 2. The number of benzene rings is 1. The molecule has 0 spiro atoms. The van der Waals surface area contributed by atoms with Gasteiger partial charge in [-0.1, -0.05) is 18.2 Å². The van der Waals surface area contributed by atoms with Gasteiger partial charge < -0.3 is 20.5 Å². The zero-order valence-corrected chi connectivity index (χ0v) is 20.5. The lowest BCUT2D eigenvalue weighted by Gasteiger charge is -2.23. The van der Waals surface area contributed by atoms with Crippen LogP contribution >= 0.6 is 35.3 Å². The van der Waals surface area contributed by atoms with E-state index in [2.05, 4.69) is 20.6 Å². The van der Waals surface area contributed by atoms with Gasteiger partial charge in [0, 0.05) is 29.8 Å². The van der Waals surface area contributed by atoms with Crippen molar-refractivity contribution in [3.63, 3.8) is 0 Å². The Bertz CT molecular complexity index is 966. The number of nitrogens with one attached hydrogen (secondary N) is 2. The van der Waals surface area contributed by atoms with Crippen molar-refractivity contribution in [3.05, 3.63) is 76.4 Å². The van der Waals surface area contributed by atoms with Crippen LogP contribution in [0.15, 0.2) is 65.1 Å². The zero-order valence-electron chi connectivity index (χ0n) is 17.3. The van der Waals surface area contributed by atoms with Gasteiger partial charge in [-0.05, 0) is 43.0 Å². The molecule has 3 aromatic rings. The SMILES string of the molecule is CCNC(=NCc1ccc(Oc2cccc(F)c2)nc1)NCC(C)(O)c1cccs1.I. The molecule has 0 fully saturated rings. The van der Waals surface area contributed by atoms with E-state index in [4.69, 9.17) is 4.74 Å². The highest BCUT2D eigenvalue weighted by Crippen LogP contribution is 2.24. The van der Waals surface area contributed by atoms with Gasteiger partial charge >= 0.3 is 0 Å². The third-order valence-corrected chi connectivity index (χ3v) is 5.36. The quantitative estimate of drug-likeness (QED) is 0.214. The van der Waals surface area contributed by atoms with Crippen LogP contribution in [-0.2, 0) is 12.1 Å². The molecule has 9 heteroatoms. The standard InChI is InChI=1S/C22H25FN4O2S.HI/c1-3-24-21(27-15-22(2,28)19-8-5-11-30-19)26-14-16-9-10-20(25-13-16)29-18-7-4-6-17(23)12-18;/h4-13,28H,3,14-15H2,1-2H3,(H2,24,26,27);1H. The molecule has 0 radical (unpaired) electrons. The van der Waals surface area contributed by atoms with E-state index in [0.29, 0.717) is 37.2 Å². The van der Waals surface area contributed by atoms with Crippen molar-refractivity contribution >= 4 is 41.3 Å². The Kier molecular flexibility index (Phi) is 9.66. The van der Waals surface area contributed by atoms with Crippen molar-refractivity contribution in [2.24, 2.45) is 4.99 Å². The molecule has 0 saturated heterocycles. The van der Waals surface area contributed by atoms with Crippen molar-refractivity contribution in [1.82, 2.24) is 15.6 Å². The molecule has 2 aromatic heterocycles. The van der Waals surface area contributed by atoms with Crippen molar-refractivity contribution in [3.8, 4) is 11.6 Å². The van der Waals surface area contributed by atoms with Crippen molar-refractivity contribution in [1.29, 1.82) is 0 Å². The minimum absolute atomic E-state index is 0. The Labute approximate surface area is 202 Å². The summed E-state index contributed by atoms with van der Waals surface area (Å²) in [6.07, 6.45) is 1.67. The van der Waals surface area contributed by atoms with Crippen LogP contribution in [0.3, 0.4) is 0 Å². The summed E-state index contributed by atoms with van der Waals surface area (Å²) in [6, 6.07) is 13.3. The fraction of sp³-hybridized carbons (Fsp3) is 0.273. The number of hydrogen-bond acceptors (Lipinski definition) is 5. The average Bonchev–Trinajstić information content (AvgIpc) is 3.27. The maximum atomic E-state index is 13.2. The van der Waals surface area contributed by atoms with Crippen molar-refractivity contribution < 1.29 is 14.2 Å². The minimum Gasteiger partial charge on any atom is -0.439 e. The number of guanidine groups is 1. The number of nitrogens with zero attached hydrogens (tertiary/aromatic N) is 2. The predicted molar refractivity (Wildman–Crippen MR) is 133 cm³/mol. The van der Waals surface area contributed by atoms with Gasteiger partial charge in [0.1, 0.15) is 17.2 Å². The van der Waals surface area contributed by atoms with E-state index in [1.807, 2.05) is 30.5 Å². The summed E-state index contributed by atoms with van der Waals surface area (Å²) in [5, 5.41) is 19.0. The Hall–Kier alpha value is -2.24. The van der Waals surface area contributed by atoms with Crippen molar-refractivity contribution in [2.45, 2.75) is 26.0 Å². The molecule has 31 heavy (non-hydrogen) atoms. The summed E-state index contributed by atoms with van der Waals surface area (Å²) < 4.78 is 18.8.